The highest BCUT2D eigenvalue weighted by Crippen LogP contribution is 2.29. The highest BCUT2D eigenvalue weighted by Gasteiger charge is 2.16. The van der Waals surface area contributed by atoms with Crippen LogP contribution in [0.25, 0.3) is 0 Å². The van der Waals surface area contributed by atoms with Gasteiger partial charge in [0.25, 0.3) is 11.8 Å². The van der Waals surface area contributed by atoms with Crippen LogP contribution >= 0.6 is 11.3 Å². The normalized spacial score (nSPS) is 13.2. The lowest BCUT2D eigenvalue weighted by molar-refractivity contribution is 0.0947. The number of amides is 2. The van der Waals surface area contributed by atoms with Crippen molar-refractivity contribution in [1.82, 2.24) is 15.6 Å². The van der Waals surface area contributed by atoms with Gasteiger partial charge in [-0.15, -0.1) is 11.3 Å². The minimum absolute atomic E-state index is 0.0313. The maximum Gasteiger partial charge on any atom is 0.270 e. The molecule has 27 heavy (non-hydrogen) atoms. The van der Waals surface area contributed by atoms with Gasteiger partial charge in [-0.1, -0.05) is 18.2 Å². The van der Waals surface area contributed by atoms with Gasteiger partial charge in [0.2, 0.25) is 0 Å². The fourth-order valence-corrected chi connectivity index (χ4v) is 4.12. The zero-order valence-corrected chi connectivity index (χ0v) is 16.2. The van der Waals surface area contributed by atoms with Crippen LogP contribution in [0.15, 0.2) is 36.4 Å². The SMILES string of the molecule is CNc1cccc(C(=O)NC/C=C/CNC(=O)c2cc3c(s2)CCCC3)n1. The standard InChI is InChI=1S/C20H24N4O2S/c1-21-18-10-6-8-15(24-18)19(25)22-11-4-5-12-23-20(26)17-13-14-7-2-3-9-16(14)27-17/h4-6,8,10,13H,2-3,7,9,11-12H2,1H3,(H,21,24)(H,22,25)(H,23,26)/b5-4+. The van der Waals surface area contributed by atoms with Crippen molar-refractivity contribution in [3.05, 3.63) is 57.4 Å². The topological polar surface area (TPSA) is 83.1 Å². The van der Waals surface area contributed by atoms with Gasteiger partial charge >= 0.3 is 0 Å². The zero-order chi connectivity index (χ0) is 19.1. The van der Waals surface area contributed by atoms with Gasteiger partial charge in [0.05, 0.1) is 4.88 Å². The molecule has 0 unspecified atom stereocenters. The van der Waals surface area contributed by atoms with Gasteiger partial charge < -0.3 is 16.0 Å². The van der Waals surface area contributed by atoms with Crippen LogP contribution < -0.4 is 16.0 Å². The summed E-state index contributed by atoms with van der Waals surface area (Å²) < 4.78 is 0. The average Bonchev–Trinajstić information content (AvgIpc) is 3.14. The minimum atomic E-state index is -0.232. The van der Waals surface area contributed by atoms with E-state index in [1.807, 2.05) is 18.2 Å². The molecule has 0 fully saturated rings. The molecule has 7 heteroatoms. The van der Waals surface area contributed by atoms with E-state index in [0.717, 1.165) is 17.7 Å². The summed E-state index contributed by atoms with van der Waals surface area (Å²) in [5.41, 5.74) is 1.70. The molecule has 0 spiro atoms. The van der Waals surface area contributed by atoms with E-state index in [2.05, 4.69) is 20.9 Å². The van der Waals surface area contributed by atoms with Crippen LogP contribution in [0.2, 0.25) is 0 Å². The Morgan fingerprint density at radius 2 is 1.85 bits per heavy atom. The van der Waals surface area contributed by atoms with Gasteiger partial charge in [-0.05, 0) is 49.4 Å². The summed E-state index contributed by atoms with van der Waals surface area (Å²) in [5.74, 6) is 0.386. The van der Waals surface area contributed by atoms with Gasteiger partial charge in [-0.3, -0.25) is 9.59 Å². The highest BCUT2D eigenvalue weighted by atomic mass is 32.1. The van der Waals surface area contributed by atoms with Crippen LogP contribution in [0.5, 0.6) is 0 Å². The molecule has 2 aromatic rings. The monoisotopic (exact) mass is 384 g/mol. The van der Waals surface area contributed by atoms with Crippen LogP contribution in [-0.2, 0) is 12.8 Å². The second kappa shape index (κ2) is 9.32. The third-order valence-corrected chi connectivity index (χ3v) is 5.62. The summed E-state index contributed by atoms with van der Waals surface area (Å²) in [6, 6.07) is 7.27. The molecule has 0 aromatic carbocycles. The number of carbonyl (C=O) groups excluding carboxylic acids is 2. The van der Waals surface area contributed by atoms with Crippen molar-refractivity contribution in [1.29, 1.82) is 0 Å². The van der Waals surface area contributed by atoms with Crippen LogP contribution in [0.1, 0.15) is 43.4 Å². The van der Waals surface area contributed by atoms with Crippen molar-refractivity contribution in [3.63, 3.8) is 0 Å². The second-order valence-electron chi connectivity index (χ2n) is 6.32. The lowest BCUT2D eigenvalue weighted by atomic mass is 9.99. The Morgan fingerprint density at radius 3 is 2.59 bits per heavy atom. The van der Waals surface area contributed by atoms with Crippen molar-refractivity contribution in [2.75, 3.05) is 25.5 Å². The Labute approximate surface area is 163 Å². The molecule has 6 nitrogen and oxygen atoms in total. The Bertz CT molecular complexity index is 821. The lowest BCUT2D eigenvalue weighted by Crippen LogP contribution is -2.25. The molecule has 2 amide bonds. The third kappa shape index (κ3) is 5.17. The summed E-state index contributed by atoms with van der Waals surface area (Å²) in [4.78, 5) is 30.6. The molecule has 0 saturated heterocycles. The van der Waals surface area contributed by atoms with E-state index in [0.29, 0.717) is 24.6 Å². The van der Waals surface area contributed by atoms with E-state index in [9.17, 15) is 9.59 Å². The smallest absolute Gasteiger partial charge is 0.270 e. The predicted molar refractivity (Wildman–Crippen MR) is 109 cm³/mol. The molecule has 0 radical (unpaired) electrons. The van der Waals surface area contributed by atoms with Crippen LogP contribution in [0.3, 0.4) is 0 Å². The number of nitrogens with zero attached hydrogens (tertiary/aromatic N) is 1. The molecular weight excluding hydrogens is 360 g/mol. The number of carbonyl (C=O) groups is 2. The van der Waals surface area contributed by atoms with E-state index in [-0.39, 0.29) is 11.8 Å². The molecule has 142 valence electrons. The predicted octanol–water partition coefficient (Wildman–Crippen LogP) is 2.78. The van der Waals surface area contributed by atoms with Gasteiger partial charge in [0.1, 0.15) is 11.5 Å². The molecule has 2 heterocycles. The number of hydrogen-bond donors (Lipinski definition) is 3. The van der Waals surface area contributed by atoms with Crippen LogP contribution in [-0.4, -0.2) is 36.9 Å². The Balaban J connectivity index is 1.40. The highest BCUT2D eigenvalue weighted by molar-refractivity contribution is 7.14. The number of aryl methyl sites for hydroxylation is 2. The molecule has 0 bridgehead atoms. The van der Waals surface area contributed by atoms with Crippen molar-refractivity contribution < 1.29 is 9.59 Å². The van der Waals surface area contributed by atoms with Gasteiger partial charge in [0.15, 0.2) is 0 Å². The molecule has 0 atom stereocenters. The van der Waals surface area contributed by atoms with E-state index in [1.54, 1.807) is 36.6 Å². The minimum Gasteiger partial charge on any atom is -0.373 e. The molecule has 3 N–H and O–H groups in total. The molecule has 0 aliphatic heterocycles. The average molecular weight is 385 g/mol. The van der Waals surface area contributed by atoms with E-state index >= 15 is 0 Å². The molecular formula is C20H24N4O2S. The molecule has 0 saturated carbocycles. The first-order valence-electron chi connectivity index (χ1n) is 9.15. The number of fused-ring (bicyclic) bond motifs is 1. The number of anilines is 1. The molecule has 1 aliphatic carbocycles. The van der Waals surface area contributed by atoms with E-state index < -0.39 is 0 Å². The van der Waals surface area contributed by atoms with E-state index in [4.69, 9.17) is 0 Å². The third-order valence-electron chi connectivity index (χ3n) is 4.39. The number of nitrogens with one attached hydrogen (secondary N) is 3. The first kappa shape index (κ1) is 19.1. The number of aromatic nitrogens is 1. The first-order chi connectivity index (χ1) is 13.2. The van der Waals surface area contributed by atoms with Gasteiger partial charge in [-0.2, -0.15) is 0 Å². The first-order valence-corrected chi connectivity index (χ1v) is 9.97. The van der Waals surface area contributed by atoms with Gasteiger partial charge in [-0.25, -0.2) is 4.98 Å². The number of hydrogen-bond acceptors (Lipinski definition) is 5. The summed E-state index contributed by atoms with van der Waals surface area (Å²) in [7, 11) is 1.76. The van der Waals surface area contributed by atoms with E-state index in [1.165, 1.54) is 23.3 Å². The number of pyridine rings is 1. The summed E-state index contributed by atoms with van der Waals surface area (Å²) in [6.45, 7) is 0.818. The number of rotatable bonds is 7. The quantitative estimate of drug-likeness (QED) is 0.641. The zero-order valence-electron chi connectivity index (χ0n) is 15.4. The largest absolute Gasteiger partial charge is 0.373 e. The fourth-order valence-electron chi connectivity index (χ4n) is 2.95. The van der Waals surface area contributed by atoms with Crippen molar-refractivity contribution in [2.45, 2.75) is 25.7 Å². The van der Waals surface area contributed by atoms with Gasteiger partial charge in [0, 0.05) is 25.0 Å². The summed E-state index contributed by atoms with van der Waals surface area (Å²) in [6.07, 6.45) is 8.28. The maximum atomic E-state index is 12.2. The molecule has 2 aromatic heterocycles. The van der Waals surface area contributed by atoms with Crippen molar-refractivity contribution in [3.8, 4) is 0 Å². The fraction of sp³-hybridized carbons (Fsp3) is 0.350. The number of thiophene rings is 1. The molecule has 1 aliphatic rings. The van der Waals surface area contributed by atoms with Crippen LogP contribution in [0, 0.1) is 0 Å². The van der Waals surface area contributed by atoms with Crippen molar-refractivity contribution in [2.24, 2.45) is 0 Å². The second-order valence-corrected chi connectivity index (χ2v) is 7.45. The summed E-state index contributed by atoms with van der Waals surface area (Å²) >= 11 is 1.61. The van der Waals surface area contributed by atoms with Crippen molar-refractivity contribution >= 4 is 29.0 Å². The molecule has 3 rings (SSSR count). The Morgan fingerprint density at radius 1 is 1.11 bits per heavy atom. The lowest BCUT2D eigenvalue weighted by Gasteiger charge is -2.08. The van der Waals surface area contributed by atoms with Crippen LogP contribution in [0.4, 0.5) is 5.82 Å². The Hall–Kier alpha value is -2.67. The summed E-state index contributed by atoms with van der Waals surface area (Å²) in [5, 5.41) is 8.57. The maximum absolute atomic E-state index is 12.2. The Kier molecular flexibility index (Phi) is 6.59.